The minimum atomic E-state index is -0.745. The predicted octanol–water partition coefficient (Wildman–Crippen LogP) is 6.67. The van der Waals surface area contributed by atoms with Crippen molar-refractivity contribution in [3.8, 4) is 11.8 Å². The Morgan fingerprint density at radius 3 is 2.00 bits per heavy atom. The summed E-state index contributed by atoms with van der Waals surface area (Å²) in [5, 5.41) is 0. The van der Waals surface area contributed by atoms with Crippen LogP contribution >= 0.6 is 0 Å². The quantitative estimate of drug-likeness (QED) is 0.110. The van der Waals surface area contributed by atoms with E-state index >= 15 is 0 Å². The number of hydrogen-bond donors (Lipinski definition) is 0. The van der Waals surface area contributed by atoms with Crippen molar-refractivity contribution in [2.75, 3.05) is 6.61 Å². The fraction of sp³-hybridized carbons (Fsp3) is 0.783. The molecule has 0 amide bonds. The maximum absolute atomic E-state index is 11.9. The fourth-order valence-electron chi connectivity index (χ4n) is 3.21. The fourth-order valence-corrected chi connectivity index (χ4v) is 8.65. The molecule has 0 aromatic heterocycles. The number of carbonyl (C=O) groups is 1. The molecule has 3 heteroatoms. The second-order valence-electron chi connectivity index (χ2n) is 7.22. The molecule has 26 heavy (non-hydrogen) atoms. The maximum atomic E-state index is 11.9. The predicted molar refractivity (Wildman–Crippen MR) is 114 cm³/mol. The van der Waals surface area contributed by atoms with Crippen LogP contribution in [-0.4, -0.2) is 33.7 Å². The zero-order valence-electron chi connectivity index (χ0n) is 17.7. The summed E-state index contributed by atoms with van der Waals surface area (Å²) >= 11 is -0.745. The summed E-state index contributed by atoms with van der Waals surface area (Å²) in [6.45, 7) is 13.5. The first kappa shape index (κ1) is 25.6. The summed E-state index contributed by atoms with van der Waals surface area (Å²) < 4.78 is 7.21. The molecule has 0 spiro atoms. The van der Waals surface area contributed by atoms with Crippen LogP contribution in [0.1, 0.15) is 105 Å². The summed E-state index contributed by atoms with van der Waals surface area (Å²) in [7, 11) is 0. The van der Waals surface area contributed by atoms with E-state index in [9.17, 15) is 4.79 Å². The van der Waals surface area contributed by atoms with E-state index in [4.69, 9.17) is 4.74 Å². The molecule has 0 aliphatic carbocycles. The van der Waals surface area contributed by atoms with Gasteiger partial charge in [-0.3, -0.25) is 0 Å². The van der Waals surface area contributed by atoms with Gasteiger partial charge >= 0.3 is 173 Å². The van der Waals surface area contributed by atoms with Crippen LogP contribution in [0.3, 0.4) is 0 Å². The molecular formula is C23H40O2Sn. The molecule has 2 nitrogen and oxygen atoms in total. The van der Waals surface area contributed by atoms with E-state index in [2.05, 4.69) is 39.2 Å². The van der Waals surface area contributed by atoms with Gasteiger partial charge in [0.05, 0.1) is 0 Å². The van der Waals surface area contributed by atoms with Crippen LogP contribution in [0.25, 0.3) is 0 Å². The molecule has 0 fully saturated rings. The van der Waals surface area contributed by atoms with Gasteiger partial charge in [-0.15, -0.1) is 0 Å². The van der Waals surface area contributed by atoms with Gasteiger partial charge in [0, 0.05) is 0 Å². The third-order valence-electron chi connectivity index (χ3n) is 4.77. The summed E-state index contributed by atoms with van der Waals surface area (Å²) in [5.41, 5.74) is 0. The van der Waals surface area contributed by atoms with E-state index in [0.29, 0.717) is 22.9 Å². The molecule has 0 rings (SSSR count). The van der Waals surface area contributed by atoms with Gasteiger partial charge in [0.2, 0.25) is 0 Å². The van der Waals surface area contributed by atoms with Crippen LogP contribution in [0.4, 0.5) is 0 Å². The summed E-state index contributed by atoms with van der Waals surface area (Å²) in [6.07, 6.45) is 13.9. The van der Waals surface area contributed by atoms with Gasteiger partial charge in [0.1, 0.15) is 0 Å². The Morgan fingerprint density at radius 1 is 1.00 bits per heavy atom. The van der Waals surface area contributed by atoms with E-state index < -0.39 is 21.1 Å². The second kappa shape index (κ2) is 16.7. The first-order valence-corrected chi connectivity index (χ1v) is 13.4. The number of rotatable bonds is 16. The van der Waals surface area contributed by atoms with Crippen LogP contribution in [0.2, 0.25) is 3.43 Å². The van der Waals surface area contributed by atoms with Crippen LogP contribution < -0.4 is 0 Å². The summed E-state index contributed by atoms with van der Waals surface area (Å²) in [5.74, 6) is 5.65. The van der Waals surface area contributed by atoms with E-state index in [1.165, 1.54) is 61.4 Å². The summed E-state index contributed by atoms with van der Waals surface area (Å²) in [4.78, 5) is 11.9. The van der Waals surface area contributed by atoms with Crippen molar-refractivity contribution in [1.82, 2.24) is 0 Å². The van der Waals surface area contributed by atoms with Gasteiger partial charge in [-0.25, -0.2) is 0 Å². The molecule has 0 aliphatic rings. The van der Waals surface area contributed by atoms with Crippen molar-refractivity contribution in [1.29, 1.82) is 0 Å². The average Bonchev–Trinajstić information content (AvgIpc) is 2.64. The molecule has 0 saturated heterocycles. The number of carbonyl (C=O) groups excluding carboxylic acids is 1. The van der Waals surface area contributed by atoms with Crippen molar-refractivity contribution in [2.24, 2.45) is 0 Å². The topological polar surface area (TPSA) is 26.3 Å². The molecule has 0 aromatic rings. The SMILES string of the molecule is C=[C](CCC(=O)OCCC#CC)[Sn][C](CCCC)(CCCC)CCCC. The minimum absolute atomic E-state index is 0.0929. The Labute approximate surface area is 173 Å². The van der Waals surface area contributed by atoms with E-state index in [1.54, 1.807) is 6.92 Å². The standard InChI is InChI=1S/C13H27.C10H13O2.Sn/c1-4-7-10-13(11-8-5-2)12-9-6-3;1-3-5-7-9-12-10(11)8-6-4-2;/h4-12H2,1-3H3;2,6-9H2,1H3;. The zero-order chi connectivity index (χ0) is 19.7. The van der Waals surface area contributed by atoms with Gasteiger partial charge < -0.3 is 0 Å². The number of allylic oxidation sites excluding steroid dienone is 1. The molecule has 0 N–H and O–H groups in total. The van der Waals surface area contributed by atoms with Crippen molar-refractivity contribution in [3.63, 3.8) is 0 Å². The Hall–Kier alpha value is -0.431. The zero-order valence-corrected chi connectivity index (χ0v) is 20.6. The Morgan fingerprint density at radius 2 is 1.54 bits per heavy atom. The average molecular weight is 467 g/mol. The van der Waals surface area contributed by atoms with Crippen LogP contribution in [0.15, 0.2) is 10.2 Å². The number of unbranched alkanes of at least 4 members (excludes halogenated alkanes) is 3. The molecule has 0 heterocycles. The van der Waals surface area contributed by atoms with Gasteiger partial charge in [-0.1, -0.05) is 0 Å². The molecule has 0 bridgehead atoms. The van der Waals surface area contributed by atoms with Crippen molar-refractivity contribution >= 4 is 27.1 Å². The van der Waals surface area contributed by atoms with E-state index in [1.807, 2.05) is 0 Å². The Kier molecular flexibility index (Phi) is 16.4. The van der Waals surface area contributed by atoms with E-state index in [-0.39, 0.29) is 5.97 Å². The molecular weight excluding hydrogens is 427 g/mol. The molecule has 0 unspecified atom stereocenters. The molecule has 0 atom stereocenters. The molecule has 0 saturated carbocycles. The molecule has 0 aromatic carbocycles. The van der Waals surface area contributed by atoms with Gasteiger partial charge in [0.25, 0.3) is 0 Å². The van der Waals surface area contributed by atoms with Crippen LogP contribution in [0, 0.1) is 11.8 Å². The van der Waals surface area contributed by atoms with Crippen molar-refractivity contribution in [3.05, 3.63) is 10.2 Å². The Bertz CT molecular complexity index is 423. The summed E-state index contributed by atoms with van der Waals surface area (Å²) in [6, 6.07) is 0. The van der Waals surface area contributed by atoms with Gasteiger partial charge in [-0.2, -0.15) is 0 Å². The van der Waals surface area contributed by atoms with Gasteiger partial charge in [-0.05, 0) is 0 Å². The van der Waals surface area contributed by atoms with Crippen LogP contribution in [0.5, 0.6) is 0 Å². The van der Waals surface area contributed by atoms with Crippen molar-refractivity contribution in [2.45, 2.75) is 108 Å². The first-order valence-electron chi connectivity index (χ1n) is 10.5. The van der Waals surface area contributed by atoms with Crippen molar-refractivity contribution < 1.29 is 9.53 Å². The second-order valence-corrected chi connectivity index (χ2v) is 13.0. The molecule has 148 valence electrons. The first-order chi connectivity index (χ1) is 12.5. The molecule has 0 aliphatic heterocycles. The van der Waals surface area contributed by atoms with Crippen LogP contribution in [-0.2, 0) is 9.53 Å². The number of hydrogen-bond acceptors (Lipinski definition) is 2. The Balaban J connectivity index is 4.60. The molecule has 2 radical (unpaired) electrons. The third kappa shape index (κ3) is 12.8. The number of esters is 1. The third-order valence-corrected chi connectivity index (χ3v) is 10.1. The van der Waals surface area contributed by atoms with E-state index in [0.717, 1.165) is 6.42 Å². The van der Waals surface area contributed by atoms with Gasteiger partial charge in [0.15, 0.2) is 0 Å². The normalized spacial score (nSPS) is 10.9. The monoisotopic (exact) mass is 468 g/mol. The number of ether oxygens (including phenoxy) is 1.